The first-order valence-corrected chi connectivity index (χ1v) is 13.4. The zero-order valence-electron chi connectivity index (χ0n) is 15.3. The van der Waals surface area contributed by atoms with Gasteiger partial charge in [-0.3, -0.25) is 4.99 Å². The minimum Gasteiger partial charge on any atom is -0.361 e. The number of aromatic nitrogens is 3. The van der Waals surface area contributed by atoms with Gasteiger partial charge in [-0.1, -0.05) is 19.6 Å². The van der Waals surface area contributed by atoms with E-state index >= 15 is 0 Å². The van der Waals surface area contributed by atoms with Gasteiger partial charge in [-0.2, -0.15) is 0 Å². The summed E-state index contributed by atoms with van der Waals surface area (Å²) in [6.07, 6.45) is 5.47. The maximum absolute atomic E-state index is 5.83. The number of halogens is 1. The minimum absolute atomic E-state index is 0.540. The molecule has 0 saturated heterocycles. The van der Waals surface area contributed by atoms with Gasteiger partial charge in [-0.25, -0.2) is 9.97 Å². The molecule has 5 nitrogen and oxygen atoms in total. The molecule has 3 rings (SSSR count). The quantitative estimate of drug-likeness (QED) is 0.156. The summed E-state index contributed by atoms with van der Waals surface area (Å²) in [5, 5.41) is 0. The summed E-state index contributed by atoms with van der Waals surface area (Å²) in [5.41, 5.74) is 3.84. The summed E-state index contributed by atoms with van der Waals surface area (Å²) in [5.74, 6) is 0. The number of benzene rings is 1. The maximum atomic E-state index is 5.83. The van der Waals surface area contributed by atoms with Gasteiger partial charge in [0.1, 0.15) is 10.4 Å². The topological polar surface area (TPSA) is 52.3 Å². The lowest BCUT2D eigenvalue weighted by Gasteiger charge is -2.15. The van der Waals surface area contributed by atoms with E-state index in [0.717, 1.165) is 32.6 Å². The Balaban J connectivity index is 1.65. The molecular formula is C19H23IN4OSi. The van der Waals surface area contributed by atoms with Crippen LogP contribution in [-0.2, 0) is 11.5 Å². The van der Waals surface area contributed by atoms with Gasteiger partial charge in [0.2, 0.25) is 0 Å². The molecular weight excluding hydrogens is 455 g/mol. The molecule has 1 aromatic carbocycles. The van der Waals surface area contributed by atoms with E-state index in [9.17, 15) is 0 Å². The van der Waals surface area contributed by atoms with Gasteiger partial charge in [-0.15, -0.1) is 0 Å². The zero-order valence-corrected chi connectivity index (χ0v) is 18.5. The van der Waals surface area contributed by atoms with Crippen molar-refractivity contribution < 1.29 is 4.74 Å². The van der Waals surface area contributed by atoms with Crippen LogP contribution < -0.4 is 0 Å². The highest BCUT2D eigenvalue weighted by molar-refractivity contribution is 14.1. The first-order valence-electron chi connectivity index (χ1n) is 8.59. The first-order chi connectivity index (χ1) is 12.4. The van der Waals surface area contributed by atoms with Crippen LogP contribution in [0.25, 0.3) is 11.0 Å². The van der Waals surface area contributed by atoms with Crippen LogP contribution in [0.15, 0.2) is 47.8 Å². The maximum Gasteiger partial charge on any atom is 0.124 e. The van der Waals surface area contributed by atoms with Crippen molar-refractivity contribution in [2.45, 2.75) is 32.4 Å². The molecule has 0 aliphatic carbocycles. The second-order valence-corrected chi connectivity index (χ2v) is 14.1. The fraction of sp³-hybridized carbons (Fsp3) is 0.316. The summed E-state index contributed by atoms with van der Waals surface area (Å²) in [4.78, 5) is 13.3. The van der Waals surface area contributed by atoms with Gasteiger partial charge in [-0.05, 0) is 59.0 Å². The van der Waals surface area contributed by atoms with E-state index in [1.54, 1.807) is 0 Å². The SMILES string of the molecule is C[Si](C)(C)CCOCn1cnc2cc(N=Cc3ccc(I)nc3)ccc21. The van der Waals surface area contributed by atoms with Crippen LogP contribution in [0.5, 0.6) is 0 Å². The Morgan fingerprint density at radius 2 is 2.04 bits per heavy atom. The minimum atomic E-state index is -1.05. The van der Waals surface area contributed by atoms with E-state index in [1.165, 1.54) is 6.04 Å². The smallest absolute Gasteiger partial charge is 0.124 e. The van der Waals surface area contributed by atoms with Crippen LogP contribution in [-0.4, -0.2) is 35.4 Å². The molecule has 0 spiro atoms. The number of nitrogens with zero attached hydrogens (tertiary/aromatic N) is 4. The van der Waals surface area contributed by atoms with Gasteiger partial charge in [0.05, 0.1) is 23.0 Å². The molecule has 136 valence electrons. The van der Waals surface area contributed by atoms with E-state index < -0.39 is 8.07 Å². The van der Waals surface area contributed by atoms with Crippen LogP contribution in [0.2, 0.25) is 25.7 Å². The standard InChI is InChI=1S/C19H23IN4OSi/c1-26(2,3)9-8-25-14-24-13-23-17-10-16(5-6-18(17)24)21-11-15-4-7-19(20)22-12-15/h4-7,10-13H,8-9,14H2,1-3H3. The Bertz CT molecular complexity index is 900. The van der Waals surface area contributed by atoms with Gasteiger partial charge < -0.3 is 9.30 Å². The lowest BCUT2D eigenvalue weighted by Crippen LogP contribution is -2.21. The third-order valence-electron chi connectivity index (χ3n) is 3.94. The number of hydrogen-bond donors (Lipinski definition) is 0. The van der Waals surface area contributed by atoms with Crippen LogP contribution >= 0.6 is 22.6 Å². The Morgan fingerprint density at radius 1 is 1.19 bits per heavy atom. The largest absolute Gasteiger partial charge is 0.361 e. The summed E-state index contributed by atoms with van der Waals surface area (Å²) >= 11 is 2.19. The van der Waals surface area contributed by atoms with Crippen molar-refractivity contribution >= 4 is 53.6 Å². The zero-order chi connectivity index (χ0) is 18.6. The molecule has 0 saturated carbocycles. The molecule has 0 aliphatic heterocycles. The third-order valence-corrected chi connectivity index (χ3v) is 6.29. The summed E-state index contributed by atoms with van der Waals surface area (Å²) < 4.78 is 8.84. The van der Waals surface area contributed by atoms with Crippen LogP contribution in [0, 0.1) is 3.70 Å². The number of ether oxygens (including phenoxy) is 1. The van der Waals surface area contributed by atoms with Crippen LogP contribution in [0.3, 0.4) is 0 Å². The van der Waals surface area contributed by atoms with Crippen molar-refractivity contribution in [2.24, 2.45) is 4.99 Å². The molecule has 0 unspecified atom stereocenters. The average molecular weight is 478 g/mol. The van der Waals surface area contributed by atoms with Crippen molar-refractivity contribution in [1.29, 1.82) is 0 Å². The predicted octanol–water partition coefficient (Wildman–Crippen LogP) is 5.10. The first kappa shape index (κ1) is 19.2. The second-order valence-electron chi connectivity index (χ2n) is 7.41. The van der Waals surface area contributed by atoms with E-state index in [2.05, 4.69) is 57.2 Å². The summed E-state index contributed by atoms with van der Waals surface area (Å²) in [6, 6.07) is 11.2. The van der Waals surface area contributed by atoms with Crippen LogP contribution in [0.1, 0.15) is 5.56 Å². The number of fused-ring (bicyclic) bond motifs is 1. The molecule has 0 atom stereocenters. The molecule has 0 fully saturated rings. The highest BCUT2D eigenvalue weighted by atomic mass is 127. The van der Waals surface area contributed by atoms with Crippen molar-refractivity contribution in [3.8, 4) is 0 Å². The second kappa shape index (κ2) is 8.41. The molecule has 0 aliphatic rings. The molecule has 2 aromatic heterocycles. The molecule has 0 radical (unpaired) electrons. The Kier molecular flexibility index (Phi) is 6.20. The summed E-state index contributed by atoms with van der Waals surface area (Å²) in [7, 11) is -1.05. The van der Waals surface area contributed by atoms with E-state index in [0.29, 0.717) is 6.73 Å². The highest BCUT2D eigenvalue weighted by Gasteiger charge is 2.12. The van der Waals surface area contributed by atoms with Gasteiger partial charge >= 0.3 is 0 Å². The normalized spacial score (nSPS) is 12.3. The lowest BCUT2D eigenvalue weighted by molar-refractivity contribution is 0.0898. The van der Waals surface area contributed by atoms with E-state index in [-0.39, 0.29) is 0 Å². The number of imidazole rings is 1. The lowest BCUT2D eigenvalue weighted by atomic mass is 10.2. The molecule has 2 heterocycles. The number of pyridine rings is 1. The molecule has 26 heavy (non-hydrogen) atoms. The van der Waals surface area contributed by atoms with E-state index in [1.807, 2.05) is 53.6 Å². The van der Waals surface area contributed by atoms with Crippen molar-refractivity contribution in [1.82, 2.24) is 14.5 Å². The van der Waals surface area contributed by atoms with Gasteiger partial charge in [0.25, 0.3) is 0 Å². The monoisotopic (exact) mass is 478 g/mol. The predicted molar refractivity (Wildman–Crippen MR) is 118 cm³/mol. The third kappa shape index (κ3) is 5.45. The van der Waals surface area contributed by atoms with Crippen LogP contribution in [0.4, 0.5) is 5.69 Å². The van der Waals surface area contributed by atoms with Gasteiger partial charge in [0, 0.05) is 32.7 Å². The summed E-state index contributed by atoms with van der Waals surface area (Å²) in [6.45, 7) is 8.42. The van der Waals surface area contributed by atoms with E-state index in [4.69, 9.17) is 4.74 Å². The molecule has 3 aromatic rings. The van der Waals surface area contributed by atoms with Crippen molar-refractivity contribution in [3.05, 3.63) is 52.1 Å². The number of hydrogen-bond acceptors (Lipinski definition) is 4. The Labute approximate surface area is 168 Å². The Hall–Kier alpha value is -1.58. The molecule has 0 bridgehead atoms. The highest BCUT2D eigenvalue weighted by Crippen LogP contribution is 2.20. The average Bonchev–Trinajstić information content (AvgIpc) is 3.00. The fourth-order valence-electron chi connectivity index (χ4n) is 2.39. The fourth-order valence-corrected chi connectivity index (χ4v) is 3.47. The van der Waals surface area contributed by atoms with Crippen molar-refractivity contribution in [2.75, 3.05) is 6.61 Å². The van der Waals surface area contributed by atoms with Gasteiger partial charge in [0.15, 0.2) is 0 Å². The molecule has 0 N–H and O–H groups in total. The number of aliphatic imine (C=N–C) groups is 1. The Morgan fingerprint density at radius 3 is 2.77 bits per heavy atom. The molecule has 0 amide bonds. The molecule has 7 heteroatoms. The van der Waals surface area contributed by atoms with Crippen molar-refractivity contribution in [3.63, 3.8) is 0 Å². The number of rotatable bonds is 7.